The first kappa shape index (κ1) is 14.4. The summed E-state index contributed by atoms with van der Waals surface area (Å²) in [6.45, 7) is 1.91. The summed E-state index contributed by atoms with van der Waals surface area (Å²) in [5, 5.41) is 26.6. The highest BCUT2D eigenvalue weighted by Gasteiger charge is 2.35. The Balaban J connectivity index is 2.04. The molecule has 0 fully saturated rings. The van der Waals surface area contributed by atoms with Crippen LogP contribution >= 0.6 is 0 Å². The lowest BCUT2D eigenvalue weighted by atomic mass is 9.91. The number of carboxylic acid groups (broad SMARTS) is 1. The lowest BCUT2D eigenvalue weighted by Crippen LogP contribution is -2.29. The van der Waals surface area contributed by atoms with Gasteiger partial charge in [0.1, 0.15) is 6.04 Å². The quantitative estimate of drug-likeness (QED) is 0.770. The molecule has 0 radical (unpaired) electrons. The number of carboxylic acids is 1. The smallest absolute Gasteiger partial charge is 0.335 e. The summed E-state index contributed by atoms with van der Waals surface area (Å²) in [5.41, 5.74) is 1.77. The fraction of sp³-hybridized carbons (Fsp3) is 0.176. The molecule has 24 heavy (non-hydrogen) atoms. The van der Waals surface area contributed by atoms with E-state index < -0.39 is 12.0 Å². The maximum absolute atomic E-state index is 12.0. The van der Waals surface area contributed by atoms with Crippen molar-refractivity contribution >= 4 is 22.7 Å². The number of nitrogens with zero attached hydrogens (tertiary/aromatic N) is 4. The molecule has 0 spiro atoms. The lowest BCUT2D eigenvalue weighted by molar-refractivity contribution is -0.133. The van der Waals surface area contributed by atoms with Crippen molar-refractivity contribution in [2.45, 2.75) is 19.4 Å². The van der Waals surface area contributed by atoms with Crippen LogP contribution in [-0.4, -0.2) is 31.3 Å². The predicted molar refractivity (Wildman–Crippen MR) is 88.5 cm³/mol. The van der Waals surface area contributed by atoms with Crippen LogP contribution in [0.2, 0.25) is 0 Å². The molecule has 1 atom stereocenters. The average Bonchev–Trinajstić information content (AvgIpc) is 3.07. The third-order valence-electron chi connectivity index (χ3n) is 4.30. The van der Waals surface area contributed by atoms with E-state index >= 15 is 0 Å². The van der Waals surface area contributed by atoms with Gasteiger partial charge >= 0.3 is 5.97 Å². The Morgan fingerprint density at radius 3 is 2.83 bits per heavy atom. The Kier molecular flexibility index (Phi) is 3.26. The number of hydrogen-bond donors (Lipinski definition) is 2. The van der Waals surface area contributed by atoms with Crippen molar-refractivity contribution in [1.82, 2.24) is 20.2 Å². The van der Waals surface area contributed by atoms with Gasteiger partial charge in [-0.2, -0.15) is 4.68 Å². The van der Waals surface area contributed by atoms with Crippen molar-refractivity contribution in [1.29, 1.82) is 0 Å². The number of carbonyl (C=O) groups is 1. The molecule has 1 aromatic heterocycles. The van der Waals surface area contributed by atoms with Gasteiger partial charge in [-0.25, -0.2) is 4.79 Å². The van der Waals surface area contributed by atoms with E-state index in [9.17, 15) is 9.90 Å². The summed E-state index contributed by atoms with van der Waals surface area (Å²) >= 11 is 0. The molecule has 0 saturated carbocycles. The van der Waals surface area contributed by atoms with E-state index in [1.54, 1.807) is 0 Å². The summed E-state index contributed by atoms with van der Waals surface area (Å²) in [7, 11) is 0. The van der Waals surface area contributed by atoms with Crippen LogP contribution in [0, 0.1) is 0 Å². The van der Waals surface area contributed by atoms with E-state index in [-0.39, 0.29) is 5.57 Å². The fourth-order valence-corrected chi connectivity index (χ4v) is 3.24. The van der Waals surface area contributed by atoms with Crippen LogP contribution in [0.1, 0.15) is 24.9 Å². The molecule has 2 aromatic carbocycles. The van der Waals surface area contributed by atoms with E-state index in [4.69, 9.17) is 0 Å². The molecule has 2 heterocycles. The van der Waals surface area contributed by atoms with E-state index in [1.165, 1.54) is 4.68 Å². The molecule has 1 unspecified atom stereocenters. The van der Waals surface area contributed by atoms with Crippen molar-refractivity contribution in [3.05, 3.63) is 59.3 Å². The second-order valence-corrected chi connectivity index (χ2v) is 5.59. The summed E-state index contributed by atoms with van der Waals surface area (Å²) in [6.07, 6.45) is 0.551. The second-order valence-electron chi connectivity index (χ2n) is 5.59. The van der Waals surface area contributed by atoms with Crippen molar-refractivity contribution < 1.29 is 9.90 Å². The molecule has 0 bridgehead atoms. The molecule has 0 saturated heterocycles. The van der Waals surface area contributed by atoms with Crippen molar-refractivity contribution in [3.63, 3.8) is 0 Å². The topological polar surface area (TPSA) is 92.9 Å². The van der Waals surface area contributed by atoms with Crippen LogP contribution in [0.3, 0.4) is 0 Å². The first-order valence-corrected chi connectivity index (χ1v) is 7.69. The lowest BCUT2D eigenvalue weighted by Gasteiger charge is -2.28. The largest absolute Gasteiger partial charge is 0.478 e. The van der Waals surface area contributed by atoms with Crippen LogP contribution < -0.4 is 5.32 Å². The standard InChI is InChI=1S/C17H15N5O2/c1-2-13-14(16(23)24)15(22-17(18-13)19-20-21-22)12-9-5-7-10-6-3-4-8-11(10)12/h3-9,15H,2H2,1H3,(H,23,24)(H,18,19,21). The summed E-state index contributed by atoms with van der Waals surface area (Å²) in [5.74, 6) is -0.520. The maximum atomic E-state index is 12.0. The third kappa shape index (κ3) is 2.05. The van der Waals surface area contributed by atoms with Gasteiger partial charge in [0.25, 0.3) is 0 Å². The summed E-state index contributed by atoms with van der Waals surface area (Å²) in [4.78, 5) is 12.0. The zero-order valence-electron chi connectivity index (χ0n) is 13.0. The molecular weight excluding hydrogens is 306 g/mol. The summed E-state index contributed by atoms with van der Waals surface area (Å²) in [6, 6.07) is 13.2. The highest BCUT2D eigenvalue weighted by atomic mass is 16.4. The highest BCUT2D eigenvalue weighted by molar-refractivity contribution is 5.94. The Bertz CT molecular complexity index is 971. The highest BCUT2D eigenvalue weighted by Crippen LogP contribution is 2.38. The van der Waals surface area contributed by atoms with Gasteiger partial charge in [0.2, 0.25) is 5.95 Å². The Morgan fingerprint density at radius 1 is 1.25 bits per heavy atom. The maximum Gasteiger partial charge on any atom is 0.335 e. The SMILES string of the molecule is CCC1=C(C(=O)O)C(c2cccc3ccccc23)n2nnnc2N1. The van der Waals surface area contributed by atoms with Crippen molar-refractivity contribution in [2.24, 2.45) is 0 Å². The molecule has 7 heteroatoms. The van der Waals surface area contributed by atoms with E-state index in [0.717, 1.165) is 16.3 Å². The number of aliphatic carboxylic acids is 1. The number of hydrogen-bond acceptors (Lipinski definition) is 5. The average molecular weight is 321 g/mol. The zero-order chi connectivity index (χ0) is 16.7. The first-order chi connectivity index (χ1) is 11.7. The van der Waals surface area contributed by atoms with Gasteiger partial charge in [0, 0.05) is 5.70 Å². The van der Waals surface area contributed by atoms with Gasteiger partial charge in [-0.05, 0) is 33.2 Å². The minimum atomic E-state index is -0.974. The molecule has 1 aliphatic rings. The number of fused-ring (bicyclic) bond motifs is 2. The van der Waals surface area contributed by atoms with Crippen LogP contribution in [0.4, 0.5) is 5.95 Å². The monoisotopic (exact) mass is 321 g/mol. The first-order valence-electron chi connectivity index (χ1n) is 7.69. The molecule has 120 valence electrons. The number of tetrazole rings is 1. The molecule has 3 aromatic rings. The van der Waals surface area contributed by atoms with Crippen molar-refractivity contribution in [3.8, 4) is 0 Å². The zero-order valence-corrected chi connectivity index (χ0v) is 13.0. The van der Waals surface area contributed by atoms with Gasteiger partial charge in [-0.15, -0.1) is 0 Å². The Labute approximate surface area is 137 Å². The minimum absolute atomic E-state index is 0.272. The minimum Gasteiger partial charge on any atom is -0.478 e. The van der Waals surface area contributed by atoms with Gasteiger partial charge in [0.05, 0.1) is 5.57 Å². The summed E-state index contributed by atoms with van der Waals surface area (Å²) < 4.78 is 1.53. The number of rotatable bonds is 3. The number of allylic oxidation sites excluding steroid dienone is 1. The Morgan fingerprint density at radius 2 is 2.04 bits per heavy atom. The number of aromatic nitrogens is 4. The van der Waals surface area contributed by atoms with Crippen molar-refractivity contribution in [2.75, 3.05) is 5.32 Å². The van der Waals surface area contributed by atoms with Crippen LogP contribution in [0.15, 0.2) is 53.7 Å². The predicted octanol–water partition coefficient (Wildman–Crippen LogP) is 2.59. The molecule has 0 aliphatic carbocycles. The fourth-order valence-electron chi connectivity index (χ4n) is 3.24. The number of anilines is 1. The van der Waals surface area contributed by atoms with E-state index in [1.807, 2.05) is 49.4 Å². The third-order valence-corrected chi connectivity index (χ3v) is 4.30. The van der Waals surface area contributed by atoms with E-state index in [0.29, 0.717) is 18.1 Å². The molecule has 2 N–H and O–H groups in total. The molecule has 4 rings (SSSR count). The second kappa shape index (κ2) is 5.45. The normalized spacial score (nSPS) is 16.8. The van der Waals surface area contributed by atoms with E-state index in [2.05, 4.69) is 20.8 Å². The molecule has 1 aliphatic heterocycles. The van der Waals surface area contributed by atoms with Gasteiger partial charge in [0.15, 0.2) is 0 Å². The Hall–Kier alpha value is -3.22. The molecule has 7 nitrogen and oxygen atoms in total. The van der Waals surface area contributed by atoms with Crippen LogP contribution in [0.5, 0.6) is 0 Å². The van der Waals surface area contributed by atoms with Gasteiger partial charge in [-0.1, -0.05) is 54.5 Å². The number of nitrogens with one attached hydrogen (secondary N) is 1. The van der Waals surface area contributed by atoms with Crippen LogP contribution in [-0.2, 0) is 4.79 Å². The van der Waals surface area contributed by atoms with Gasteiger partial charge < -0.3 is 10.4 Å². The van der Waals surface area contributed by atoms with Crippen LogP contribution in [0.25, 0.3) is 10.8 Å². The number of benzene rings is 2. The molecule has 0 amide bonds. The van der Waals surface area contributed by atoms with Gasteiger partial charge in [-0.3, -0.25) is 0 Å². The molecular formula is C17H15N5O2.